The number of alkyl carbamates (subject to hydrolysis) is 1. The molecule has 7 nitrogen and oxygen atoms in total. The number of ether oxygens (including phenoxy) is 2. The molecule has 42 heavy (non-hydrogen) atoms. The van der Waals surface area contributed by atoms with Crippen molar-refractivity contribution >= 4 is 30.6 Å². The number of halogens is 1. The van der Waals surface area contributed by atoms with Crippen molar-refractivity contribution in [3.8, 4) is 0 Å². The van der Waals surface area contributed by atoms with E-state index < -0.39 is 6.09 Å². The van der Waals surface area contributed by atoms with Crippen LogP contribution in [-0.4, -0.2) is 63.3 Å². The van der Waals surface area contributed by atoms with E-state index in [9.17, 15) is 9.59 Å². The molecule has 0 bridgehead atoms. The van der Waals surface area contributed by atoms with E-state index in [-0.39, 0.29) is 19.0 Å². The average Bonchev–Trinajstić information content (AvgIpc) is 3.01. The summed E-state index contributed by atoms with van der Waals surface area (Å²) in [6.07, 6.45) is 22.7. The van der Waals surface area contributed by atoms with Crippen LogP contribution in [0.15, 0.2) is 24.3 Å². The van der Waals surface area contributed by atoms with Crippen LogP contribution in [0, 0.1) is 0 Å². The second-order valence-electron chi connectivity index (χ2n) is 11.5. The Morgan fingerprint density at radius 1 is 0.857 bits per heavy atom. The summed E-state index contributed by atoms with van der Waals surface area (Å²) in [5, 5.41) is 2.84. The SMILES string of the molecule is CCCCCCCCCCCCCCCCCCN(C=O)c1ccccc1COC(=O)NCCCN1CCOCC1.Cl. The fourth-order valence-electron chi connectivity index (χ4n) is 5.49. The summed E-state index contributed by atoms with van der Waals surface area (Å²) in [4.78, 5) is 28.2. The van der Waals surface area contributed by atoms with Crippen molar-refractivity contribution in [2.75, 3.05) is 50.8 Å². The van der Waals surface area contributed by atoms with Crippen molar-refractivity contribution in [1.29, 1.82) is 0 Å². The highest BCUT2D eigenvalue weighted by molar-refractivity contribution is 5.85. The van der Waals surface area contributed by atoms with Gasteiger partial charge < -0.3 is 19.7 Å². The van der Waals surface area contributed by atoms with Gasteiger partial charge in [0.1, 0.15) is 6.61 Å². The molecule has 1 aliphatic rings. The maximum Gasteiger partial charge on any atom is 0.407 e. The van der Waals surface area contributed by atoms with Gasteiger partial charge in [-0.2, -0.15) is 0 Å². The summed E-state index contributed by atoms with van der Waals surface area (Å²) in [6, 6.07) is 7.69. The van der Waals surface area contributed by atoms with Crippen LogP contribution >= 0.6 is 12.4 Å². The molecular formula is C34H60ClN3O4. The van der Waals surface area contributed by atoms with E-state index in [0.29, 0.717) is 13.1 Å². The molecule has 2 rings (SSSR count). The first-order chi connectivity index (χ1) is 20.2. The number of amides is 2. The predicted molar refractivity (Wildman–Crippen MR) is 177 cm³/mol. The number of para-hydroxylation sites is 1. The molecule has 0 unspecified atom stereocenters. The summed E-state index contributed by atoms with van der Waals surface area (Å²) in [6.45, 7) is 8.11. The van der Waals surface area contributed by atoms with Crippen LogP contribution in [0.5, 0.6) is 0 Å². The minimum Gasteiger partial charge on any atom is -0.445 e. The monoisotopic (exact) mass is 609 g/mol. The average molecular weight is 610 g/mol. The van der Waals surface area contributed by atoms with Gasteiger partial charge in [-0.15, -0.1) is 12.4 Å². The first-order valence-corrected chi connectivity index (χ1v) is 16.7. The van der Waals surface area contributed by atoms with Gasteiger partial charge in [-0.25, -0.2) is 4.79 Å². The number of hydrogen-bond donors (Lipinski definition) is 1. The van der Waals surface area contributed by atoms with E-state index in [4.69, 9.17) is 9.47 Å². The van der Waals surface area contributed by atoms with Crippen LogP contribution in [0.3, 0.4) is 0 Å². The molecule has 0 radical (unpaired) electrons. The predicted octanol–water partition coefficient (Wildman–Crippen LogP) is 8.28. The van der Waals surface area contributed by atoms with Gasteiger partial charge in [-0.05, 0) is 25.5 Å². The van der Waals surface area contributed by atoms with Crippen LogP contribution in [0.4, 0.5) is 10.5 Å². The van der Waals surface area contributed by atoms with E-state index in [2.05, 4.69) is 17.1 Å². The summed E-state index contributed by atoms with van der Waals surface area (Å²) in [7, 11) is 0. The number of benzene rings is 1. The molecule has 0 saturated carbocycles. The zero-order chi connectivity index (χ0) is 29.2. The molecule has 1 heterocycles. The molecule has 0 spiro atoms. The lowest BCUT2D eigenvalue weighted by molar-refractivity contribution is -0.107. The Morgan fingerprint density at radius 2 is 1.40 bits per heavy atom. The Bertz CT molecular complexity index is 792. The lowest BCUT2D eigenvalue weighted by Gasteiger charge is -2.26. The van der Waals surface area contributed by atoms with Gasteiger partial charge in [0.2, 0.25) is 6.41 Å². The van der Waals surface area contributed by atoms with Crippen molar-refractivity contribution in [3.05, 3.63) is 29.8 Å². The molecule has 1 aromatic carbocycles. The zero-order valence-electron chi connectivity index (χ0n) is 26.5. The molecule has 1 aromatic rings. The molecule has 1 saturated heterocycles. The van der Waals surface area contributed by atoms with Crippen molar-refractivity contribution in [3.63, 3.8) is 0 Å². The summed E-state index contributed by atoms with van der Waals surface area (Å²) < 4.78 is 10.8. The Morgan fingerprint density at radius 3 is 1.98 bits per heavy atom. The van der Waals surface area contributed by atoms with Crippen molar-refractivity contribution < 1.29 is 19.1 Å². The lowest BCUT2D eigenvalue weighted by Crippen LogP contribution is -2.38. The number of nitrogens with zero attached hydrogens (tertiary/aromatic N) is 2. The fraction of sp³-hybridized carbons (Fsp3) is 0.765. The third-order valence-corrected chi connectivity index (χ3v) is 8.06. The molecule has 2 amide bonds. The first-order valence-electron chi connectivity index (χ1n) is 16.7. The molecule has 0 aliphatic carbocycles. The number of morpholine rings is 1. The Hall–Kier alpha value is -1.83. The van der Waals surface area contributed by atoms with Crippen LogP contribution in [-0.2, 0) is 20.9 Å². The summed E-state index contributed by atoms with van der Waals surface area (Å²) >= 11 is 0. The number of carbonyl (C=O) groups is 2. The molecule has 242 valence electrons. The number of hydrogen-bond acceptors (Lipinski definition) is 5. The smallest absolute Gasteiger partial charge is 0.407 e. The highest BCUT2D eigenvalue weighted by Crippen LogP contribution is 2.21. The molecule has 1 N–H and O–H groups in total. The van der Waals surface area contributed by atoms with Crippen LogP contribution in [0.1, 0.15) is 122 Å². The van der Waals surface area contributed by atoms with Gasteiger partial charge >= 0.3 is 6.09 Å². The molecule has 0 atom stereocenters. The van der Waals surface area contributed by atoms with E-state index in [1.165, 1.54) is 89.9 Å². The normalized spacial score (nSPS) is 13.4. The van der Waals surface area contributed by atoms with Gasteiger partial charge in [0, 0.05) is 37.4 Å². The summed E-state index contributed by atoms with van der Waals surface area (Å²) in [5.41, 5.74) is 1.67. The zero-order valence-corrected chi connectivity index (χ0v) is 27.3. The topological polar surface area (TPSA) is 71.1 Å². The maximum absolute atomic E-state index is 12.2. The van der Waals surface area contributed by atoms with Gasteiger partial charge in [0.15, 0.2) is 0 Å². The third kappa shape index (κ3) is 18.7. The highest BCUT2D eigenvalue weighted by atomic mass is 35.5. The number of rotatable bonds is 25. The lowest BCUT2D eigenvalue weighted by atomic mass is 10.0. The fourth-order valence-corrected chi connectivity index (χ4v) is 5.49. The minimum absolute atomic E-state index is 0. The van der Waals surface area contributed by atoms with E-state index in [0.717, 1.165) is 69.8 Å². The Labute approximate surface area is 262 Å². The van der Waals surface area contributed by atoms with Gasteiger partial charge in [0.25, 0.3) is 0 Å². The molecule has 1 fully saturated rings. The van der Waals surface area contributed by atoms with Crippen LogP contribution in [0.25, 0.3) is 0 Å². The molecular weight excluding hydrogens is 550 g/mol. The molecule has 8 heteroatoms. The molecule has 1 aliphatic heterocycles. The Kier molecular flexibility index (Phi) is 24.3. The van der Waals surface area contributed by atoms with Crippen molar-refractivity contribution in [2.45, 2.75) is 123 Å². The summed E-state index contributed by atoms with van der Waals surface area (Å²) in [5.74, 6) is 0. The highest BCUT2D eigenvalue weighted by Gasteiger charge is 2.13. The van der Waals surface area contributed by atoms with Crippen molar-refractivity contribution in [1.82, 2.24) is 10.2 Å². The number of unbranched alkanes of at least 4 members (excludes halogenated alkanes) is 15. The van der Waals surface area contributed by atoms with Gasteiger partial charge in [-0.1, -0.05) is 121 Å². The quantitative estimate of drug-likeness (QED) is 0.0892. The van der Waals surface area contributed by atoms with Crippen LogP contribution < -0.4 is 10.2 Å². The molecule has 0 aromatic heterocycles. The van der Waals surface area contributed by atoms with E-state index in [1.54, 1.807) is 4.90 Å². The first kappa shape index (κ1) is 38.2. The van der Waals surface area contributed by atoms with Crippen molar-refractivity contribution in [2.24, 2.45) is 0 Å². The van der Waals surface area contributed by atoms with Gasteiger partial charge in [-0.3, -0.25) is 9.69 Å². The second kappa shape index (κ2) is 26.8. The maximum atomic E-state index is 12.2. The number of carbonyl (C=O) groups excluding carboxylic acids is 2. The minimum atomic E-state index is -0.419. The van der Waals surface area contributed by atoms with E-state index in [1.807, 2.05) is 24.3 Å². The largest absolute Gasteiger partial charge is 0.445 e. The second-order valence-corrected chi connectivity index (χ2v) is 11.5. The number of nitrogens with one attached hydrogen (secondary N) is 1. The third-order valence-electron chi connectivity index (χ3n) is 8.06. The Balaban J connectivity index is 0.00000882. The van der Waals surface area contributed by atoms with Crippen LogP contribution in [0.2, 0.25) is 0 Å². The van der Waals surface area contributed by atoms with Gasteiger partial charge in [0.05, 0.1) is 13.2 Å². The van der Waals surface area contributed by atoms with E-state index >= 15 is 0 Å². The standard InChI is InChI=1S/C34H59N3O4.ClH/c1-2-3-4-5-6-7-8-9-10-11-12-13-14-15-16-19-25-37(31-38)33-22-18-17-21-32(33)30-41-34(39)35-23-20-24-36-26-28-40-29-27-36;/h17-18,21-22,31H,2-16,19-20,23-30H2,1H3,(H,35,39);1H. The number of anilines is 1.